The van der Waals surface area contributed by atoms with Gasteiger partial charge in [-0.2, -0.15) is 0 Å². The van der Waals surface area contributed by atoms with Gasteiger partial charge in [-0.1, -0.05) is 12.1 Å². The fourth-order valence-electron chi connectivity index (χ4n) is 4.17. The highest BCUT2D eigenvalue weighted by molar-refractivity contribution is 5.85. The molecule has 0 aliphatic carbocycles. The fourth-order valence-corrected chi connectivity index (χ4v) is 4.17. The number of urea groups is 1. The first kappa shape index (κ1) is 22.5. The van der Waals surface area contributed by atoms with Crippen molar-refractivity contribution in [3.8, 4) is 0 Å². The average Bonchev–Trinajstić information content (AvgIpc) is 3.16. The van der Waals surface area contributed by atoms with E-state index in [2.05, 4.69) is 26.7 Å². The molecule has 0 radical (unpaired) electrons. The predicted octanol–water partition coefficient (Wildman–Crippen LogP) is 1.45. The van der Waals surface area contributed by atoms with Crippen LogP contribution < -0.4 is 10.6 Å². The normalized spacial score (nSPS) is 16.2. The lowest BCUT2D eigenvalue weighted by Crippen LogP contribution is -2.41. The quantitative estimate of drug-likeness (QED) is 0.525. The van der Waals surface area contributed by atoms with Gasteiger partial charge in [0.2, 0.25) is 5.91 Å². The van der Waals surface area contributed by atoms with Crippen molar-refractivity contribution in [2.75, 3.05) is 38.0 Å². The lowest BCUT2D eigenvalue weighted by molar-refractivity contribution is -0.137. The van der Waals surface area contributed by atoms with Crippen molar-refractivity contribution in [1.29, 1.82) is 0 Å². The molecule has 1 atom stereocenters. The molecule has 3 amide bonds. The minimum Gasteiger partial charge on any atom is -0.481 e. The molecule has 2 aliphatic rings. The highest BCUT2D eigenvalue weighted by Crippen LogP contribution is 2.20. The summed E-state index contributed by atoms with van der Waals surface area (Å²) in [6.45, 7) is 2.32. The van der Waals surface area contributed by atoms with Crippen LogP contribution in [0.1, 0.15) is 35.7 Å². The van der Waals surface area contributed by atoms with Crippen molar-refractivity contribution in [3.05, 3.63) is 53.5 Å². The van der Waals surface area contributed by atoms with E-state index in [4.69, 9.17) is 0 Å². The molecule has 10 heteroatoms. The Hall–Kier alpha value is -3.69. The van der Waals surface area contributed by atoms with Gasteiger partial charge in [-0.25, -0.2) is 9.78 Å². The van der Waals surface area contributed by atoms with E-state index in [0.29, 0.717) is 31.6 Å². The summed E-state index contributed by atoms with van der Waals surface area (Å²) >= 11 is 0. The second kappa shape index (κ2) is 10.3. The van der Waals surface area contributed by atoms with Crippen molar-refractivity contribution in [2.24, 2.45) is 0 Å². The first-order valence-corrected chi connectivity index (χ1v) is 11.2. The van der Waals surface area contributed by atoms with Crippen LogP contribution in [0.25, 0.3) is 0 Å². The van der Waals surface area contributed by atoms with Gasteiger partial charge < -0.3 is 25.5 Å². The van der Waals surface area contributed by atoms with Crippen LogP contribution in [0.4, 0.5) is 10.6 Å². The summed E-state index contributed by atoms with van der Waals surface area (Å²) in [5.41, 5.74) is 2.77. The Kier molecular flexibility index (Phi) is 7.01. The van der Waals surface area contributed by atoms with Crippen LogP contribution in [0.5, 0.6) is 0 Å². The summed E-state index contributed by atoms with van der Waals surface area (Å²) in [5, 5.41) is 15.2. The highest BCUT2D eigenvalue weighted by Gasteiger charge is 2.30. The topological polar surface area (TPSA) is 128 Å². The zero-order chi connectivity index (χ0) is 23.2. The van der Waals surface area contributed by atoms with E-state index in [9.17, 15) is 19.5 Å². The number of carboxylic acids is 1. The molecular weight excluding hydrogens is 424 g/mol. The van der Waals surface area contributed by atoms with Crippen molar-refractivity contribution in [1.82, 2.24) is 25.1 Å². The molecule has 2 aromatic heterocycles. The van der Waals surface area contributed by atoms with E-state index in [1.165, 1.54) is 16.7 Å². The van der Waals surface area contributed by atoms with E-state index in [1.54, 1.807) is 23.2 Å². The number of pyridine rings is 2. The number of hydrogen-bond acceptors (Lipinski definition) is 6. The van der Waals surface area contributed by atoms with E-state index < -0.39 is 17.9 Å². The van der Waals surface area contributed by atoms with Crippen LogP contribution in [0.15, 0.2) is 36.7 Å². The molecule has 0 bridgehead atoms. The monoisotopic (exact) mass is 452 g/mol. The minimum atomic E-state index is -1.03. The van der Waals surface area contributed by atoms with Gasteiger partial charge in [0.15, 0.2) is 0 Å². The van der Waals surface area contributed by atoms with Crippen LogP contribution in [0.2, 0.25) is 0 Å². The summed E-state index contributed by atoms with van der Waals surface area (Å²) in [7, 11) is 0. The number of carbonyl (C=O) groups excluding carboxylic acids is 2. The third-order valence-electron chi connectivity index (χ3n) is 5.91. The SMILES string of the molecule is O=C(O)C[C@H](NC(=O)CN1CCN(CCc2ccc3c(n2)NCCC3)C1=O)c1cccnc1. The number of hydrogen-bond donors (Lipinski definition) is 3. The largest absolute Gasteiger partial charge is 0.481 e. The molecule has 10 nitrogen and oxygen atoms in total. The summed E-state index contributed by atoms with van der Waals surface area (Å²) in [6.07, 6.45) is 5.63. The molecule has 0 aromatic carbocycles. The maximum absolute atomic E-state index is 12.8. The highest BCUT2D eigenvalue weighted by atomic mass is 16.4. The van der Waals surface area contributed by atoms with Gasteiger partial charge in [0.25, 0.3) is 0 Å². The Balaban J connectivity index is 1.29. The minimum absolute atomic E-state index is 0.118. The second-order valence-corrected chi connectivity index (χ2v) is 8.29. The Labute approximate surface area is 192 Å². The third kappa shape index (κ3) is 5.76. The van der Waals surface area contributed by atoms with Gasteiger partial charge >= 0.3 is 12.0 Å². The van der Waals surface area contributed by atoms with Crippen LogP contribution in [-0.2, 0) is 22.4 Å². The predicted molar refractivity (Wildman–Crippen MR) is 121 cm³/mol. The molecule has 2 aromatic rings. The molecule has 33 heavy (non-hydrogen) atoms. The van der Waals surface area contributed by atoms with Crippen LogP contribution in [0.3, 0.4) is 0 Å². The Morgan fingerprint density at radius 1 is 1.21 bits per heavy atom. The van der Waals surface area contributed by atoms with Gasteiger partial charge in [-0.05, 0) is 36.1 Å². The number of aliphatic carboxylic acids is 1. The number of fused-ring (bicyclic) bond motifs is 1. The molecule has 4 heterocycles. The Morgan fingerprint density at radius 3 is 2.85 bits per heavy atom. The molecule has 1 saturated heterocycles. The van der Waals surface area contributed by atoms with E-state index in [-0.39, 0.29) is 19.0 Å². The lowest BCUT2D eigenvalue weighted by atomic mass is 10.1. The van der Waals surface area contributed by atoms with Crippen molar-refractivity contribution in [3.63, 3.8) is 0 Å². The second-order valence-electron chi connectivity index (χ2n) is 8.29. The molecule has 2 aliphatic heterocycles. The summed E-state index contributed by atoms with van der Waals surface area (Å²) in [5.74, 6) is -0.490. The Bertz CT molecular complexity index is 1020. The summed E-state index contributed by atoms with van der Waals surface area (Å²) in [6, 6.07) is 6.61. The van der Waals surface area contributed by atoms with Crippen LogP contribution in [-0.4, -0.2) is 75.5 Å². The zero-order valence-electron chi connectivity index (χ0n) is 18.4. The fraction of sp³-hybridized carbons (Fsp3) is 0.435. The standard InChI is InChI=1S/C23H28N6O4/c30-20(27-19(13-21(31)32)17-4-1-8-24-14-17)15-29-12-11-28(23(29)33)10-7-18-6-5-16-3-2-9-25-22(16)26-18/h1,4-6,8,14,19H,2-3,7,9-13,15H2,(H,25,26)(H,27,30)(H,31,32)/t19-/m0/s1. The van der Waals surface area contributed by atoms with E-state index in [0.717, 1.165) is 30.9 Å². The smallest absolute Gasteiger partial charge is 0.320 e. The van der Waals surface area contributed by atoms with Gasteiger partial charge in [0.05, 0.1) is 12.5 Å². The van der Waals surface area contributed by atoms with E-state index >= 15 is 0 Å². The molecule has 0 saturated carbocycles. The van der Waals surface area contributed by atoms with Gasteiger partial charge in [-0.3, -0.25) is 14.6 Å². The van der Waals surface area contributed by atoms with Crippen LogP contribution >= 0.6 is 0 Å². The third-order valence-corrected chi connectivity index (χ3v) is 5.91. The van der Waals surface area contributed by atoms with Gasteiger partial charge in [-0.15, -0.1) is 0 Å². The summed E-state index contributed by atoms with van der Waals surface area (Å²) < 4.78 is 0. The number of aryl methyl sites for hydroxylation is 1. The zero-order valence-corrected chi connectivity index (χ0v) is 18.4. The number of nitrogens with zero attached hydrogens (tertiary/aromatic N) is 4. The Morgan fingerprint density at radius 2 is 2.06 bits per heavy atom. The van der Waals surface area contributed by atoms with Gasteiger partial charge in [0, 0.05) is 50.7 Å². The average molecular weight is 453 g/mol. The number of aromatic nitrogens is 2. The molecule has 174 valence electrons. The maximum Gasteiger partial charge on any atom is 0.320 e. The maximum atomic E-state index is 12.8. The van der Waals surface area contributed by atoms with Gasteiger partial charge in [0.1, 0.15) is 12.4 Å². The van der Waals surface area contributed by atoms with Crippen molar-refractivity contribution in [2.45, 2.75) is 31.7 Å². The van der Waals surface area contributed by atoms with E-state index in [1.807, 2.05) is 6.07 Å². The van der Waals surface area contributed by atoms with Crippen molar-refractivity contribution >= 4 is 23.7 Å². The number of carbonyl (C=O) groups is 3. The molecule has 3 N–H and O–H groups in total. The molecule has 1 fully saturated rings. The first-order valence-electron chi connectivity index (χ1n) is 11.2. The van der Waals surface area contributed by atoms with Crippen LogP contribution in [0, 0.1) is 0 Å². The first-order chi connectivity index (χ1) is 16.0. The molecule has 0 unspecified atom stereocenters. The summed E-state index contributed by atoms with van der Waals surface area (Å²) in [4.78, 5) is 48.4. The number of nitrogens with one attached hydrogen (secondary N) is 2. The number of rotatable bonds is 9. The molecular formula is C23H28N6O4. The lowest BCUT2D eigenvalue weighted by Gasteiger charge is -2.21. The van der Waals surface area contributed by atoms with Crippen molar-refractivity contribution < 1.29 is 19.5 Å². The number of carboxylic acid groups (broad SMARTS) is 1. The number of anilines is 1. The number of amides is 3. The molecule has 0 spiro atoms. The molecule has 4 rings (SSSR count).